The van der Waals surface area contributed by atoms with Crippen molar-refractivity contribution in [3.8, 4) is 11.5 Å². The van der Waals surface area contributed by atoms with Crippen molar-refractivity contribution in [1.29, 1.82) is 0 Å². The fraction of sp³-hybridized carbons (Fsp3) is 0.471. The van der Waals surface area contributed by atoms with Crippen LogP contribution in [0.2, 0.25) is 0 Å². The molecule has 2 aliphatic heterocycles. The second kappa shape index (κ2) is 5.99. The zero-order chi connectivity index (χ0) is 16.6. The van der Waals surface area contributed by atoms with E-state index >= 15 is 0 Å². The van der Waals surface area contributed by atoms with Crippen molar-refractivity contribution in [1.82, 2.24) is 15.0 Å². The number of aromatic nitrogens is 2. The minimum Gasteiger partial charge on any atom is -0.346 e. The maximum absolute atomic E-state index is 13.1. The van der Waals surface area contributed by atoms with E-state index in [9.17, 15) is 4.79 Å². The van der Waals surface area contributed by atoms with Crippen LogP contribution in [-0.4, -0.2) is 53.0 Å². The van der Waals surface area contributed by atoms with E-state index in [1.54, 1.807) is 17.9 Å². The number of nitrogens with zero attached hydrogens (tertiary/aromatic N) is 3. The van der Waals surface area contributed by atoms with E-state index in [0.29, 0.717) is 49.1 Å². The maximum atomic E-state index is 13.1. The van der Waals surface area contributed by atoms with Crippen LogP contribution in [0.4, 0.5) is 0 Å². The summed E-state index contributed by atoms with van der Waals surface area (Å²) >= 11 is 0. The Morgan fingerprint density at radius 3 is 2.79 bits per heavy atom. The van der Waals surface area contributed by atoms with E-state index in [2.05, 4.69) is 10.1 Å². The highest BCUT2D eigenvalue weighted by atomic mass is 16.7. The molecule has 7 heteroatoms. The molecule has 1 amide bonds. The van der Waals surface area contributed by atoms with Gasteiger partial charge in [-0.2, -0.15) is 4.98 Å². The third-order valence-corrected chi connectivity index (χ3v) is 4.43. The highest BCUT2D eigenvalue weighted by Crippen LogP contribution is 2.32. The fourth-order valence-electron chi connectivity index (χ4n) is 3.33. The second-order valence-electron chi connectivity index (χ2n) is 6.13. The number of carbonyl (C=O) groups excluding carboxylic acids is 1. The SMILES string of the molecule is Cc1noc(-c2ccccc2C(=O)N2CCCC3(C2)OCCO3)n1. The zero-order valence-corrected chi connectivity index (χ0v) is 13.5. The Kier molecular flexibility index (Phi) is 3.82. The molecule has 0 saturated carbocycles. The molecule has 126 valence electrons. The molecule has 0 aliphatic carbocycles. The van der Waals surface area contributed by atoms with Crippen LogP contribution in [0.15, 0.2) is 28.8 Å². The molecular weight excluding hydrogens is 310 g/mol. The molecule has 0 bridgehead atoms. The summed E-state index contributed by atoms with van der Waals surface area (Å²) < 4.78 is 16.8. The molecule has 0 radical (unpaired) electrons. The van der Waals surface area contributed by atoms with Crippen LogP contribution in [0, 0.1) is 6.92 Å². The van der Waals surface area contributed by atoms with Crippen LogP contribution < -0.4 is 0 Å². The van der Waals surface area contributed by atoms with Crippen LogP contribution in [0.3, 0.4) is 0 Å². The minimum absolute atomic E-state index is 0.0698. The van der Waals surface area contributed by atoms with E-state index in [4.69, 9.17) is 14.0 Å². The van der Waals surface area contributed by atoms with E-state index in [1.807, 2.05) is 18.2 Å². The molecule has 4 rings (SSSR count). The van der Waals surface area contributed by atoms with Crippen molar-refractivity contribution >= 4 is 5.91 Å². The molecule has 24 heavy (non-hydrogen) atoms. The van der Waals surface area contributed by atoms with Crippen LogP contribution in [0.25, 0.3) is 11.5 Å². The van der Waals surface area contributed by atoms with Gasteiger partial charge in [0.2, 0.25) is 0 Å². The van der Waals surface area contributed by atoms with Crippen molar-refractivity contribution in [2.24, 2.45) is 0 Å². The van der Waals surface area contributed by atoms with Gasteiger partial charge in [-0.05, 0) is 25.5 Å². The number of hydrogen-bond acceptors (Lipinski definition) is 6. The molecule has 2 fully saturated rings. The van der Waals surface area contributed by atoms with Gasteiger partial charge in [0, 0.05) is 13.0 Å². The fourth-order valence-corrected chi connectivity index (χ4v) is 3.33. The molecule has 0 unspecified atom stereocenters. The predicted octanol–water partition coefficient (Wildman–Crippen LogP) is 2.02. The van der Waals surface area contributed by atoms with Crippen molar-refractivity contribution in [2.75, 3.05) is 26.3 Å². The van der Waals surface area contributed by atoms with Gasteiger partial charge in [-0.1, -0.05) is 17.3 Å². The normalized spacial score (nSPS) is 19.8. The first-order valence-electron chi connectivity index (χ1n) is 8.14. The van der Waals surface area contributed by atoms with Crippen molar-refractivity contribution < 1.29 is 18.8 Å². The van der Waals surface area contributed by atoms with Gasteiger partial charge < -0.3 is 18.9 Å². The Bertz CT molecular complexity index is 752. The van der Waals surface area contributed by atoms with Crippen LogP contribution in [0.5, 0.6) is 0 Å². The van der Waals surface area contributed by atoms with Gasteiger partial charge in [0.05, 0.1) is 30.9 Å². The molecule has 2 aromatic rings. The monoisotopic (exact) mass is 329 g/mol. The molecular formula is C17H19N3O4. The number of ether oxygens (including phenoxy) is 2. The molecule has 1 aromatic carbocycles. The average molecular weight is 329 g/mol. The smallest absolute Gasteiger partial charge is 0.258 e. The number of aryl methyl sites for hydroxylation is 1. The first kappa shape index (κ1) is 15.3. The Morgan fingerprint density at radius 1 is 1.25 bits per heavy atom. The number of hydrogen-bond donors (Lipinski definition) is 0. The molecule has 3 heterocycles. The number of carbonyl (C=O) groups is 1. The lowest BCUT2D eigenvalue weighted by Crippen LogP contribution is -2.51. The summed E-state index contributed by atoms with van der Waals surface area (Å²) in [7, 11) is 0. The number of likely N-dealkylation sites (tertiary alicyclic amines) is 1. The summed E-state index contributed by atoms with van der Waals surface area (Å²) in [6, 6.07) is 7.30. The third kappa shape index (κ3) is 2.70. The summed E-state index contributed by atoms with van der Waals surface area (Å²) in [6.07, 6.45) is 1.68. The Hall–Kier alpha value is -2.25. The van der Waals surface area contributed by atoms with E-state index in [0.717, 1.165) is 12.8 Å². The van der Waals surface area contributed by atoms with Crippen molar-refractivity contribution in [3.05, 3.63) is 35.7 Å². The lowest BCUT2D eigenvalue weighted by molar-refractivity contribution is -0.183. The molecule has 0 N–H and O–H groups in total. The number of piperidine rings is 1. The van der Waals surface area contributed by atoms with Crippen LogP contribution in [-0.2, 0) is 9.47 Å². The van der Waals surface area contributed by atoms with Gasteiger partial charge in [-0.25, -0.2) is 0 Å². The largest absolute Gasteiger partial charge is 0.346 e. The van der Waals surface area contributed by atoms with Crippen LogP contribution in [0.1, 0.15) is 29.0 Å². The molecule has 1 aromatic heterocycles. The first-order valence-corrected chi connectivity index (χ1v) is 8.14. The lowest BCUT2D eigenvalue weighted by atomic mass is 10.0. The molecule has 1 spiro atoms. The van der Waals surface area contributed by atoms with Gasteiger partial charge >= 0.3 is 0 Å². The topological polar surface area (TPSA) is 77.7 Å². The third-order valence-electron chi connectivity index (χ3n) is 4.43. The molecule has 0 atom stereocenters. The number of amides is 1. The molecule has 7 nitrogen and oxygen atoms in total. The number of benzene rings is 1. The summed E-state index contributed by atoms with van der Waals surface area (Å²) in [6.45, 7) is 4.05. The minimum atomic E-state index is -0.635. The van der Waals surface area contributed by atoms with Crippen molar-refractivity contribution in [2.45, 2.75) is 25.6 Å². The quantitative estimate of drug-likeness (QED) is 0.839. The second-order valence-corrected chi connectivity index (χ2v) is 6.13. The van der Waals surface area contributed by atoms with Gasteiger partial charge in [0.25, 0.3) is 11.8 Å². The summed E-state index contributed by atoms with van der Waals surface area (Å²) in [5.41, 5.74) is 1.20. The van der Waals surface area contributed by atoms with Gasteiger partial charge in [-0.15, -0.1) is 0 Å². The van der Waals surface area contributed by atoms with Gasteiger partial charge in [0.1, 0.15) is 0 Å². The maximum Gasteiger partial charge on any atom is 0.258 e. The summed E-state index contributed by atoms with van der Waals surface area (Å²) in [4.78, 5) is 19.1. The van der Waals surface area contributed by atoms with E-state index in [1.165, 1.54) is 0 Å². The lowest BCUT2D eigenvalue weighted by Gasteiger charge is -2.38. The van der Waals surface area contributed by atoms with Crippen molar-refractivity contribution in [3.63, 3.8) is 0 Å². The average Bonchev–Trinajstić information content (AvgIpc) is 3.24. The Labute approximate surface area is 139 Å². The zero-order valence-electron chi connectivity index (χ0n) is 13.5. The summed E-state index contributed by atoms with van der Waals surface area (Å²) in [5.74, 6) is 0.192. The van der Waals surface area contributed by atoms with E-state index < -0.39 is 5.79 Å². The highest BCUT2D eigenvalue weighted by molar-refractivity contribution is 6.00. The standard InChI is InChI=1S/C17H19N3O4/c1-12-18-15(24-19-12)13-5-2-3-6-14(13)16(21)20-8-4-7-17(11-20)22-9-10-23-17/h2-3,5-6H,4,7-11H2,1H3. The summed E-state index contributed by atoms with van der Waals surface area (Å²) in [5, 5.41) is 3.81. The highest BCUT2D eigenvalue weighted by Gasteiger charge is 2.42. The molecule has 2 aliphatic rings. The van der Waals surface area contributed by atoms with Gasteiger partial charge in [-0.3, -0.25) is 4.79 Å². The predicted molar refractivity (Wildman–Crippen MR) is 84.2 cm³/mol. The van der Waals surface area contributed by atoms with Gasteiger partial charge in [0.15, 0.2) is 11.6 Å². The Morgan fingerprint density at radius 2 is 2.04 bits per heavy atom. The number of rotatable bonds is 2. The first-order chi connectivity index (χ1) is 11.7. The Balaban J connectivity index is 1.63. The van der Waals surface area contributed by atoms with Crippen LogP contribution >= 0.6 is 0 Å². The van der Waals surface area contributed by atoms with E-state index in [-0.39, 0.29) is 5.91 Å². The molecule has 2 saturated heterocycles.